The van der Waals surface area contributed by atoms with E-state index >= 15 is 0 Å². The van der Waals surface area contributed by atoms with Crippen molar-refractivity contribution in [2.45, 2.75) is 25.8 Å². The third-order valence-corrected chi connectivity index (χ3v) is 4.21. The molecule has 0 aliphatic carbocycles. The summed E-state index contributed by atoms with van der Waals surface area (Å²) in [7, 11) is 0. The van der Waals surface area contributed by atoms with Gasteiger partial charge in [0.2, 0.25) is 11.8 Å². The highest BCUT2D eigenvalue weighted by Crippen LogP contribution is 2.08. The molecule has 1 aliphatic rings. The molecule has 0 unspecified atom stereocenters. The molecule has 2 amide bonds. The first-order valence-electron chi connectivity index (χ1n) is 6.87. The molecule has 1 aliphatic heterocycles. The fraction of sp³-hybridized carbons (Fsp3) is 0.615. The first kappa shape index (κ1) is 14.9. The van der Waals surface area contributed by atoms with E-state index in [9.17, 15) is 9.59 Å². The Kier molecular flexibility index (Phi) is 5.49. The average molecular weight is 296 g/mol. The van der Waals surface area contributed by atoms with Crippen LogP contribution in [0.3, 0.4) is 0 Å². The second-order valence-corrected chi connectivity index (χ2v) is 5.64. The zero-order valence-corrected chi connectivity index (χ0v) is 12.4. The number of aromatic nitrogens is 1. The van der Waals surface area contributed by atoms with Gasteiger partial charge in [-0.05, 0) is 6.54 Å². The molecule has 20 heavy (non-hydrogen) atoms. The number of carbonyl (C=O) groups excluding carboxylic acids is 2. The summed E-state index contributed by atoms with van der Waals surface area (Å²) in [5.41, 5.74) is 0. The Labute approximate surface area is 122 Å². The zero-order chi connectivity index (χ0) is 14.4. The molecule has 1 atom stereocenters. The number of carbonyl (C=O) groups is 2. The summed E-state index contributed by atoms with van der Waals surface area (Å²) in [6, 6.07) is -0.339. The average Bonchev–Trinajstić information content (AvgIpc) is 2.94. The van der Waals surface area contributed by atoms with Crippen molar-refractivity contribution < 1.29 is 9.59 Å². The van der Waals surface area contributed by atoms with Gasteiger partial charge in [-0.3, -0.25) is 14.5 Å². The van der Waals surface area contributed by atoms with Crippen molar-refractivity contribution in [2.75, 3.05) is 26.2 Å². The first-order chi connectivity index (χ1) is 9.70. The summed E-state index contributed by atoms with van der Waals surface area (Å²) in [6.07, 6.45) is 2.71. The molecule has 0 spiro atoms. The predicted octanol–water partition coefficient (Wildman–Crippen LogP) is 0.0122. The Bertz CT molecular complexity index is 449. The lowest BCUT2D eigenvalue weighted by Gasteiger charge is -2.33. The van der Waals surface area contributed by atoms with Gasteiger partial charge in [-0.25, -0.2) is 4.98 Å². The topological polar surface area (TPSA) is 74.3 Å². The lowest BCUT2D eigenvalue weighted by atomic mass is 10.1. The van der Waals surface area contributed by atoms with Crippen LogP contribution in [0, 0.1) is 0 Å². The van der Waals surface area contributed by atoms with Crippen molar-refractivity contribution in [1.82, 2.24) is 20.5 Å². The monoisotopic (exact) mass is 296 g/mol. The molecule has 0 aromatic carbocycles. The molecule has 2 heterocycles. The number of rotatable bonds is 6. The van der Waals surface area contributed by atoms with Crippen LogP contribution in [0.15, 0.2) is 11.6 Å². The largest absolute Gasteiger partial charge is 0.356 e. The minimum atomic E-state index is -0.339. The molecule has 0 bridgehead atoms. The number of likely N-dealkylation sites (N-methyl/N-ethyl adjacent to an activating group) is 1. The Morgan fingerprint density at radius 1 is 1.65 bits per heavy atom. The van der Waals surface area contributed by atoms with Gasteiger partial charge in [0.05, 0.1) is 17.5 Å². The minimum absolute atomic E-state index is 0.0480. The van der Waals surface area contributed by atoms with Gasteiger partial charge in [0.25, 0.3) is 0 Å². The molecule has 1 saturated heterocycles. The standard InChI is InChI=1S/C13H20N4O2S/c1-2-17-7-5-16-13(19)10(17)9-11(18)14-4-3-12-15-6-8-20-12/h6,8,10H,2-5,7,9H2,1H3,(H,14,18)(H,16,19)/t10-/m1/s1. The maximum atomic E-state index is 11.9. The van der Waals surface area contributed by atoms with Crippen LogP contribution in [0.1, 0.15) is 18.4 Å². The normalized spacial score (nSPS) is 19.6. The highest BCUT2D eigenvalue weighted by Gasteiger charge is 2.30. The Hall–Kier alpha value is -1.47. The highest BCUT2D eigenvalue weighted by atomic mass is 32.1. The summed E-state index contributed by atoms with van der Waals surface area (Å²) in [5, 5.41) is 8.60. The Balaban J connectivity index is 1.76. The van der Waals surface area contributed by atoms with Gasteiger partial charge in [0.15, 0.2) is 0 Å². The van der Waals surface area contributed by atoms with Crippen molar-refractivity contribution in [3.05, 3.63) is 16.6 Å². The summed E-state index contributed by atoms with van der Waals surface area (Å²) < 4.78 is 0. The van der Waals surface area contributed by atoms with Crippen LogP contribution in [-0.2, 0) is 16.0 Å². The number of hydrogen-bond acceptors (Lipinski definition) is 5. The smallest absolute Gasteiger partial charge is 0.237 e. The maximum Gasteiger partial charge on any atom is 0.237 e. The summed E-state index contributed by atoms with van der Waals surface area (Å²) in [5.74, 6) is -0.129. The molecule has 0 saturated carbocycles. The van der Waals surface area contributed by atoms with Gasteiger partial charge in [-0.1, -0.05) is 6.92 Å². The minimum Gasteiger partial charge on any atom is -0.356 e. The second kappa shape index (κ2) is 7.35. The highest BCUT2D eigenvalue weighted by molar-refractivity contribution is 7.09. The van der Waals surface area contributed by atoms with Gasteiger partial charge in [-0.2, -0.15) is 0 Å². The van der Waals surface area contributed by atoms with Gasteiger partial charge in [0, 0.05) is 37.6 Å². The van der Waals surface area contributed by atoms with Crippen LogP contribution in [0.25, 0.3) is 0 Å². The number of nitrogens with zero attached hydrogens (tertiary/aromatic N) is 2. The van der Waals surface area contributed by atoms with Crippen molar-refractivity contribution in [3.63, 3.8) is 0 Å². The quantitative estimate of drug-likeness (QED) is 0.776. The fourth-order valence-corrected chi connectivity index (χ4v) is 2.92. The fourth-order valence-electron chi connectivity index (χ4n) is 2.30. The van der Waals surface area contributed by atoms with Crippen molar-refractivity contribution in [2.24, 2.45) is 0 Å². The van der Waals surface area contributed by atoms with E-state index in [0.29, 0.717) is 13.1 Å². The van der Waals surface area contributed by atoms with Gasteiger partial charge in [-0.15, -0.1) is 11.3 Å². The molecule has 6 nitrogen and oxygen atoms in total. The molecule has 1 fully saturated rings. The lowest BCUT2D eigenvalue weighted by Crippen LogP contribution is -2.56. The van der Waals surface area contributed by atoms with Crippen LogP contribution < -0.4 is 10.6 Å². The number of hydrogen-bond donors (Lipinski definition) is 2. The molecule has 1 aromatic heterocycles. The van der Waals surface area contributed by atoms with E-state index in [1.165, 1.54) is 0 Å². The zero-order valence-electron chi connectivity index (χ0n) is 11.6. The van der Waals surface area contributed by atoms with Crippen LogP contribution in [0.5, 0.6) is 0 Å². The van der Waals surface area contributed by atoms with Gasteiger partial charge >= 0.3 is 0 Å². The maximum absolute atomic E-state index is 11.9. The van der Waals surface area contributed by atoms with Gasteiger partial charge < -0.3 is 10.6 Å². The van der Waals surface area contributed by atoms with Crippen LogP contribution in [0.4, 0.5) is 0 Å². The van der Waals surface area contributed by atoms with E-state index in [1.807, 2.05) is 17.2 Å². The van der Waals surface area contributed by atoms with Crippen LogP contribution in [-0.4, -0.2) is 53.9 Å². The molecule has 7 heteroatoms. The van der Waals surface area contributed by atoms with Crippen molar-refractivity contribution in [3.8, 4) is 0 Å². The number of amides is 2. The molecular formula is C13H20N4O2S. The molecule has 1 aromatic rings. The lowest BCUT2D eigenvalue weighted by molar-refractivity contribution is -0.133. The SMILES string of the molecule is CCN1CCNC(=O)[C@H]1CC(=O)NCCc1nccs1. The number of thiazole rings is 1. The molecule has 2 rings (SSSR count). The van der Waals surface area contributed by atoms with Crippen LogP contribution >= 0.6 is 11.3 Å². The Morgan fingerprint density at radius 2 is 2.50 bits per heavy atom. The van der Waals surface area contributed by atoms with E-state index in [0.717, 1.165) is 24.5 Å². The Morgan fingerprint density at radius 3 is 3.20 bits per heavy atom. The first-order valence-corrected chi connectivity index (χ1v) is 7.75. The van der Waals surface area contributed by atoms with Crippen LogP contribution in [0.2, 0.25) is 0 Å². The molecule has 110 valence electrons. The third kappa shape index (κ3) is 4.01. The van der Waals surface area contributed by atoms with E-state index in [1.54, 1.807) is 17.5 Å². The number of piperazine rings is 1. The summed E-state index contributed by atoms with van der Waals surface area (Å²) >= 11 is 1.58. The summed E-state index contributed by atoms with van der Waals surface area (Å²) in [4.78, 5) is 29.9. The van der Waals surface area contributed by atoms with Gasteiger partial charge in [0.1, 0.15) is 0 Å². The number of nitrogens with one attached hydrogen (secondary N) is 2. The third-order valence-electron chi connectivity index (χ3n) is 3.37. The van der Waals surface area contributed by atoms with E-state index in [2.05, 4.69) is 15.6 Å². The molecule has 2 N–H and O–H groups in total. The van der Waals surface area contributed by atoms with Crippen molar-refractivity contribution >= 4 is 23.2 Å². The molecule has 0 radical (unpaired) electrons. The van der Waals surface area contributed by atoms with E-state index in [-0.39, 0.29) is 24.3 Å². The predicted molar refractivity (Wildman–Crippen MR) is 77.5 cm³/mol. The summed E-state index contributed by atoms with van der Waals surface area (Å²) in [6.45, 7) is 4.82. The van der Waals surface area contributed by atoms with Crippen molar-refractivity contribution in [1.29, 1.82) is 0 Å². The second-order valence-electron chi connectivity index (χ2n) is 4.67. The molecular weight excluding hydrogens is 276 g/mol. The van der Waals surface area contributed by atoms with E-state index in [4.69, 9.17) is 0 Å². The van der Waals surface area contributed by atoms with E-state index < -0.39 is 0 Å².